The molecule has 0 spiro atoms. The molecule has 1 aliphatic rings. The lowest BCUT2D eigenvalue weighted by Gasteiger charge is -2.14. The summed E-state index contributed by atoms with van der Waals surface area (Å²) in [4.78, 5) is 0. The van der Waals surface area contributed by atoms with Gasteiger partial charge in [0, 0.05) is 18.7 Å². The van der Waals surface area contributed by atoms with E-state index >= 15 is 0 Å². The molecule has 4 nitrogen and oxygen atoms in total. The molecule has 0 aromatic heterocycles. The second-order valence-electron chi connectivity index (χ2n) is 3.92. The minimum atomic E-state index is -3.24. The molecule has 0 radical (unpaired) electrons. The fourth-order valence-electron chi connectivity index (χ4n) is 1.82. The van der Waals surface area contributed by atoms with Crippen LogP contribution < -0.4 is 0 Å². The second kappa shape index (κ2) is 4.43. The summed E-state index contributed by atoms with van der Waals surface area (Å²) in [6.07, 6.45) is 0.571. The van der Waals surface area contributed by atoms with Crippen molar-refractivity contribution in [3.63, 3.8) is 0 Å². The predicted octanol–water partition coefficient (Wildman–Crippen LogP) is 1.23. The summed E-state index contributed by atoms with van der Waals surface area (Å²) < 4.78 is 37.9. The summed E-state index contributed by atoms with van der Waals surface area (Å²) in [6, 6.07) is 5.86. The van der Waals surface area contributed by atoms with Crippen molar-refractivity contribution in [3.05, 3.63) is 35.1 Å². The third-order valence-corrected chi connectivity index (χ3v) is 4.63. The molecule has 0 aliphatic carbocycles. The number of nitriles is 1. The molecule has 0 unspecified atom stereocenters. The van der Waals surface area contributed by atoms with E-state index in [1.54, 1.807) is 0 Å². The first-order valence-corrected chi connectivity index (χ1v) is 6.80. The Morgan fingerprint density at radius 3 is 2.82 bits per heavy atom. The fraction of sp³-hybridized carbons (Fsp3) is 0.364. The lowest BCUT2D eigenvalue weighted by Crippen LogP contribution is -2.25. The van der Waals surface area contributed by atoms with Crippen LogP contribution in [0.2, 0.25) is 0 Å². The highest BCUT2D eigenvalue weighted by atomic mass is 32.2. The van der Waals surface area contributed by atoms with Gasteiger partial charge in [0.05, 0.1) is 17.4 Å². The average Bonchev–Trinajstić information content (AvgIpc) is 2.61. The van der Waals surface area contributed by atoms with Gasteiger partial charge in [0.2, 0.25) is 10.0 Å². The van der Waals surface area contributed by atoms with Crippen LogP contribution in [0.1, 0.15) is 17.5 Å². The average molecular weight is 254 g/mol. The smallest absolute Gasteiger partial charge is 0.212 e. The zero-order chi connectivity index (χ0) is 12.5. The van der Waals surface area contributed by atoms with Gasteiger partial charge in [-0.25, -0.2) is 12.8 Å². The quantitative estimate of drug-likeness (QED) is 0.797. The number of benzene rings is 1. The van der Waals surface area contributed by atoms with Crippen LogP contribution in [0.15, 0.2) is 18.2 Å². The molecule has 1 aliphatic heterocycles. The Morgan fingerprint density at radius 1 is 1.47 bits per heavy atom. The largest absolute Gasteiger partial charge is 0.214 e. The van der Waals surface area contributed by atoms with E-state index in [1.165, 1.54) is 22.5 Å². The number of sulfonamides is 1. The summed E-state index contributed by atoms with van der Waals surface area (Å²) in [5, 5.41) is 8.71. The number of halogens is 1. The molecular weight excluding hydrogens is 243 g/mol. The first kappa shape index (κ1) is 12.0. The van der Waals surface area contributed by atoms with E-state index in [1.807, 2.05) is 6.07 Å². The standard InChI is InChI=1S/C11H11FN2O2S/c12-11-3-2-9(7-13)6-10(11)8-14-4-1-5-17(14,15)16/h2-3,6H,1,4-5,8H2. The van der Waals surface area contributed by atoms with Crippen molar-refractivity contribution in [2.75, 3.05) is 12.3 Å². The summed E-state index contributed by atoms with van der Waals surface area (Å²) in [5.41, 5.74) is 0.576. The molecule has 0 bridgehead atoms. The number of nitrogens with zero attached hydrogens (tertiary/aromatic N) is 2. The molecule has 1 fully saturated rings. The first-order valence-electron chi connectivity index (χ1n) is 5.19. The van der Waals surface area contributed by atoms with Crippen LogP contribution in [-0.4, -0.2) is 25.0 Å². The van der Waals surface area contributed by atoms with Crippen molar-refractivity contribution in [3.8, 4) is 6.07 Å². The van der Waals surface area contributed by atoms with Crippen molar-refractivity contribution in [2.24, 2.45) is 0 Å². The Kier molecular flexibility index (Phi) is 3.13. The third kappa shape index (κ3) is 2.46. The normalized spacial score (nSPS) is 19.1. The summed E-state index contributed by atoms with van der Waals surface area (Å²) in [7, 11) is -3.24. The zero-order valence-electron chi connectivity index (χ0n) is 9.06. The van der Waals surface area contributed by atoms with Gasteiger partial charge in [0.25, 0.3) is 0 Å². The molecule has 6 heteroatoms. The third-order valence-electron chi connectivity index (χ3n) is 2.72. The highest BCUT2D eigenvalue weighted by Gasteiger charge is 2.28. The molecule has 2 rings (SSSR count). The van der Waals surface area contributed by atoms with Crippen molar-refractivity contribution in [1.82, 2.24) is 4.31 Å². The SMILES string of the molecule is N#Cc1ccc(F)c(CN2CCCS2(=O)=O)c1. The van der Waals surface area contributed by atoms with E-state index in [9.17, 15) is 12.8 Å². The molecule has 0 atom stereocenters. The Labute approximate surface area is 99.3 Å². The minimum absolute atomic E-state index is 0.00366. The minimum Gasteiger partial charge on any atom is -0.212 e. The molecule has 0 amide bonds. The van der Waals surface area contributed by atoms with Gasteiger partial charge in [-0.05, 0) is 24.6 Å². The highest BCUT2D eigenvalue weighted by molar-refractivity contribution is 7.89. The van der Waals surface area contributed by atoms with Gasteiger partial charge in [0.15, 0.2) is 0 Å². The zero-order valence-corrected chi connectivity index (χ0v) is 9.87. The maximum Gasteiger partial charge on any atom is 0.214 e. The maximum absolute atomic E-state index is 13.5. The van der Waals surface area contributed by atoms with Gasteiger partial charge in [-0.1, -0.05) is 0 Å². The topological polar surface area (TPSA) is 61.2 Å². The molecular formula is C11H11FN2O2S. The number of rotatable bonds is 2. The summed E-state index contributed by atoms with van der Waals surface area (Å²) in [6.45, 7) is 0.419. The molecule has 0 N–H and O–H groups in total. The lowest BCUT2D eigenvalue weighted by molar-refractivity contribution is 0.430. The molecule has 1 saturated heterocycles. The Morgan fingerprint density at radius 2 is 2.24 bits per heavy atom. The van der Waals surface area contributed by atoms with Gasteiger partial charge in [-0.15, -0.1) is 0 Å². The van der Waals surface area contributed by atoms with Crippen LogP contribution in [0.25, 0.3) is 0 Å². The van der Waals surface area contributed by atoms with Gasteiger partial charge < -0.3 is 0 Å². The van der Waals surface area contributed by atoms with Crippen LogP contribution in [-0.2, 0) is 16.6 Å². The summed E-state index contributed by atoms with van der Waals surface area (Å²) >= 11 is 0. The fourth-order valence-corrected chi connectivity index (χ4v) is 3.32. The number of hydrogen-bond acceptors (Lipinski definition) is 3. The second-order valence-corrected chi connectivity index (χ2v) is 6.01. The van der Waals surface area contributed by atoms with Gasteiger partial charge in [-0.2, -0.15) is 9.57 Å². The molecule has 17 heavy (non-hydrogen) atoms. The maximum atomic E-state index is 13.5. The van der Waals surface area contributed by atoms with Crippen LogP contribution in [0.4, 0.5) is 4.39 Å². The van der Waals surface area contributed by atoms with Crippen LogP contribution in [0, 0.1) is 17.1 Å². The number of hydrogen-bond donors (Lipinski definition) is 0. The Balaban J connectivity index is 2.28. The van der Waals surface area contributed by atoms with Gasteiger partial charge in [0.1, 0.15) is 5.82 Å². The molecule has 1 aromatic rings. The first-order chi connectivity index (χ1) is 8.03. The van der Waals surface area contributed by atoms with Crippen molar-refractivity contribution in [1.29, 1.82) is 5.26 Å². The molecule has 1 heterocycles. The van der Waals surface area contributed by atoms with Crippen molar-refractivity contribution >= 4 is 10.0 Å². The summed E-state index contributed by atoms with van der Waals surface area (Å²) in [5.74, 6) is -0.363. The monoisotopic (exact) mass is 254 g/mol. The molecule has 90 valence electrons. The van der Waals surface area contributed by atoms with E-state index in [2.05, 4.69) is 0 Å². The van der Waals surface area contributed by atoms with E-state index < -0.39 is 15.8 Å². The van der Waals surface area contributed by atoms with Gasteiger partial charge in [-0.3, -0.25) is 0 Å². The van der Waals surface area contributed by atoms with Crippen LogP contribution >= 0.6 is 0 Å². The van der Waals surface area contributed by atoms with Crippen LogP contribution in [0.5, 0.6) is 0 Å². The van der Waals surface area contributed by atoms with E-state index in [4.69, 9.17) is 5.26 Å². The van der Waals surface area contributed by atoms with Crippen molar-refractivity contribution < 1.29 is 12.8 Å². The van der Waals surface area contributed by atoms with Crippen LogP contribution in [0.3, 0.4) is 0 Å². The lowest BCUT2D eigenvalue weighted by atomic mass is 10.1. The molecule has 1 aromatic carbocycles. The Hall–Kier alpha value is -1.45. The molecule has 0 saturated carbocycles. The van der Waals surface area contributed by atoms with Gasteiger partial charge >= 0.3 is 0 Å². The Bertz CT molecular complexity index is 578. The highest BCUT2D eigenvalue weighted by Crippen LogP contribution is 2.19. The van der Waals surface area contributed by atoms with E-state index in [-0.39, 0.29) is 17.9 Å². The van der Waals surface area contributed by atoms with Crippen molar-refractivity contribution in [2.45, 2.75) is 13.0 Å². The predicted molar refractivity (Wildman–Crippen MR) is 59.9 cm³/mol. The van der Waals surface area contributed by atoms with E-state index in [0.717, 1.165) is 0 Å². The van der Waals surface area contributed by atoms with E-state index in [0.29, 0.717) is 18.5 Å².